The van der Waals surface area contributed by atoms with E-state index in [0.29, 0.717) is 27.8 Å². The van der Waals surface area contributed by atoms with Crippen molar-refractivity contribution in [3.05, 3.63) is 65.6 Å². The number of rotatable bonds is 4. The summed E-state index contributed by atoms with van der Waals surface area (Å²) in [5.74, 6) is -0.160. The number of fused-ring (bicyclic) bond motifs is 1. The third-order valence-corrected chi connectivity index (χ3v) is 3.95. The molecule has 0 aliphatic carbocycles. The van der Waals surface area contributed by atoms with Crippen LogP contribution in [0.2, 0.25) is 5.02 Å². The second kappa shape index (κ2) is 6.45. The van der Waals surface area contributed by atoms with Crippen molar-refractivity contribution in [2.24, 2.45) is 5.92 Å². The van der Waals surface area contributed by atoms with E-state index < -0.39 is 0 Å². The number of carbonyl (C=O) groups excluding carboxylic acids is 1. The first-order chi connectivity index (χ1) is 11.5. The number of nitrogens with zero attached hydrogens (tertiary/aromatic N) is 3. The van der Waals surface area contributed by atoms with Gasteiger partial charge in [-0.2, -0.15) is 5.10 Å². The van der Waals surface area contributed by atoms with Crippen LogP contribution in [0.4, 0.5) is 0 Å². The molecule has 0 aliphatic heterocycles. The van der Waals surface area contributed by atoms with Gasteiger partial charge < -0.3 is 5.32 Å². The zero-order valence-corrected chi connectivity index (χ0v) is 14.2. The molecule has 0 saturated heterocycles. The molecule has 1 aromatic carbocycles. The Balaban J connectivity index is 2.13. The highest BCUT2D eigenvalue weighted by molar-refractivity contribution is 6.30. The normalized spacial score (nSPS) is 11.0. The van der Waals surface area contributed by atoms with E-state index >= 15 is 0 Å². The summed E-state index contributed by atoms with van der Waals surface area (Å²) in [5, 5.41) is 7.76. The standard InChI is InChI=1S/C18H17ClN4O/c1-11(2)12(3)21-18(24)16-17(13-6-8-14(19)9-7-13)23-15(22-16)5-4-10-20-23/h4-11H,3H2,1-2H3,(H,21,24). The minimum absolute atomic E-state index is 0.142. The zero-order valence-electron chi connectivity index (χ0n) is 13.5. The van der Waals surface area contributed by atoms with Crippen molar-refractivity contribution in [2.45, 2.75) is 13.8 Å². The van der Waals surface area contributed by atoms with Crippen molar-refractivity contribution < 1.29 is 4.79 Å². The highest BCUT2D eigenvalue weighted by Gasteiger charge is 2.21. The summed E-state index contributed by atoms with van der Waals surface area (Å²) in [6.07, 6.45) is 1.66. The molecule has 2 heterocycles. The number of imidazole rings is 1. The van der Waals surface area contributed by atoms with E-state index in [0.717, 1.165) is 5.56 Å². The first-order valence-corrected chi connectivity index (χ1v) is 7.95. The largest absolute Gasteiger partial charge is 0.325 e. The first kappa shape index (κ1) is 16.2. The smallest absolute Gasteiger partial charge is 0.276 e. The maximum Gasteiger partial charge on any atom is 0.276 e. The molecule has 6 heteroatoms. The zero-order chi connectivity index (χ0) is 17.3. The van der Waals surface area contributed by atoms with Gasteiger partial charge in [0, 0.05) is 22.5 Å². The maximum atomic E-state index is 12.7. The molecule has 0 bridgehead atoms. The van der Waals surface area contributed by atoms with Crippen molar-refractivity contribution in [3.8, 4) is 11.3 Å². The van der Waals surface area contributed by atoms with E-state index in [9.17, 15) is 4.79 Å². The third-order valence-electron chi connectivity index (χ3n) is 3.70. The van der Waals surface area contributed by atoms with Gasteiger partial charge >= 0.3 is 0 Å². The maximum absolute atomic E-state index is 12.7. The summed E-state index contributed by atoms with van der Waals surface area (Å²) in [6.45, 7) is 7.82. The van der Waals surface area contributed by atoms with Crippen LogP contribution in [-0.4, -0.2) is 20.5 Å². The molecule has 1 amide bonds. The summed E-state index contributed by atoms with van der Waals surface area (Å²) >= 11 is 5.97. The van der Waals surface area contributed by atoms with Crippen LogP contribution in [0.25, 0.3) is 16.9 Å². The Morgan fingerprint density at radius 3 is 2.62 bits per heavy atom. The quantitative estimate of drug-likeness (QED) is 0.782. The highest BCUT2D eigenvalue weighted by atomic mass is 35.5. The van der Waals surface area contributed by atoms with Crippen molar-refractivity contribution in [1.82, 2.24) is 19.9 Å². The second-order valence-electron chi connectivity index (χ2n) is 5.74. The summed E-state index contributed by atoms with van der Waals surface area (Å²) in [5.41, 5.74) is 2.98. The summed E-state index contributed by atoms with van der Waals surface area (Å²) in [6, 6.07) is 10.8. The second-order valence-corrected chi connectivity index (χ2v) is 6.18. The number of halogens is 1. The molecule has 0 atom stereocenters. The molecule has 0 saturated carbocycles. The van der Waals surface area contributed by atoms with E-state index in [1.165, 1.54) is 0 Å². The minimum atomic E-state index is -0.302. The Hall–Kier alpha value is -2.66. The Morgan fingerprint density at radius 1 is 1.25 bits per heavy atom. The molecule has 0 fully saturated rings. The summed E-state index contributed by atoms with van der Waals surface area (Å²) in [4.78, 5) is 17.1. The van der Waals surface area contributed by atoms with Gasteiger partial charge in [0.05, 0.1) is 0 Å². The van der Waals surface area contributed by atoms with E-state index in [4.69, 9.17) is 11.6 Å². The van der Waals surface area contributed by atoms with Crippen molar-refractivity contribution in [3.63, 3.8) is 0 Å². The highest BCUT2D eigenvalue weighted by Crippen LogP contribution is 2.26. The van der Waals surface area contributed by atoms with Gasteiger partial charge in [-0.3, -0.25) is 4.79 Å². The van der Waals surface area contributed by atoms with Crippen LogP contribution in [0.5, 0.6) is 0 Å². The van der Waals surface area contributed by atoms with Gasteiger partial charge in [-0.05, 0) is 30.2 Å². The number of nitrogens with one attached hydrogen (secondary N) is 1. The van der Waals surface area contributed by atoms with Gasteiger partial charge in [0.1, 0.15) is 5.69 Å². The van der Waals surface area contributed by atoms with Gasteiger partial charge in [0.2, 0.25) is 0 Å². The Bertz CT molecular complexity index is 912. The van der Waals surface area contributed by atoms with Gasteiger partial charge in [-0.1, -0.05) is 44.2 Å². The monoisotopic (exact) mass is 340 g/mol. The Morgan fingerprint density at radius 2 is 1.96 bits per heavy atom. The predicted molar refractivity (Wildman–Crippen MR) is 94.9 cm³/mol. The molecular weight excluding hydrogens is 324 g/mol. The molecule has 2 aromatic heterocycles. The lowest BCUT2D eigenvalue weighted by Gasteiger charge is -2.11. The first-order valence-electron chi connectivity index (χ1n) is 7.57. The molecule has 24 heavy (non-hydrogen) atoms. The molecule has 0 spiro atoms. The number of hydrogen-bond acceptors (Lipinski definition) is 3. The topological polar surface area (TPSA) is 59.3 Å². The van der Waals surface area contributed by atoms with Crippen LogP contribution in [0.1, 0.15) is 24.3 Å². The van der Waals surface area contributed by atoms with Gasteiger partial charge in [-0.15, -0.1) is 0 Å². The lowest BCUT2D eigenvalue weighted by atomic mass is 10.1. The molecule has 5 nitrogen and oxygen atoms in total. The molecule has 1 N–H and O–H groups in total. The Labute approximate surface area is 145 Å². The number of carbonyl (C=O) groups is 1. The summed E-state index contributed by atoms with van der Waals surface area (Å²) in [7, 11) is 0. The fourth-order valence-electron chi connectivity index (χ4n) is 2.26. The number of amides is 1. The van der Waals surface area contributed by atoms with E-state index in [2.05, 4.69) is 22.0 Å². The number of aromatic nitrogens is 3. The van der Waals surface area contributed by atoms with Crippen molar-refractivity contribution in [2.75, 3.05) is 0 Å². The lowest BCUT2D eigenvalue weighted by molar-refractivity contribution is 0.0959. The molecule has 122 valence electrons. The molecule has 3 rings (SSSR count). The number of allylic oxidation sites excluding steroid dienone is 1. The fourth-order valence-corrected chi connectivity index (χ4v) is 2.39. The molecule has 0 unspecified atom stereocenters. The predicted octanol–water partition coefficient (Wildman–Crippen LogP) is 3.95. The van der Waals surface area contributed by atoms with E-state index in [1.807, 2.05) is 26.0 Å². The molecular formula is C18H17ClN4O. The van der Waals surface area contributed by atoms with Crippen LogP contribution in [0, 0.1) is 5.92 Å². The van der Waals surface area contributed by atoms with Gasteiger partial charge in [0.15, 0.2) is 11.3 Å². The number of benzene rings is 1. The van der Waals surface area contributed by atoms with Crippen LogP contribution in [0.3, 0.4) is 0 Å². The van der Waals surface area contributed by atoms with Crippen LogP contribution < -0.4 is 5.32 Å². The van der Waals surface area contributed by atoms with Gasteiger partial charge in [-0.25, -0.2) is 9.50 Å². The average Bonchev–Trinajstić information content (AvgIpc) is 2.95. The van der Waals surface area contributed by atoms with Gasteiger partial charge in [0.25, 0.3) is 5.91 Å². The summed E-state index contributed by atoms with van der Waals surface area (Å²) < 4.78 is 1.65. The Kier molecular flexibility index (Phi) is 4.36. The SMILES string of the molecule is C=C(NC(=O)c1nc2cccnn2c1-c1ccc(Cl)cc1)C(C)C. The van der Waals surface area contributed by atoms with Crippen LogP contribution in [-0.2, 0) is 0 Å². The van der Waals surface area contributed by atoms with Crippen molar-refractivity contribution >= 4 is 23.2 Å². The van der Waals surface area contributed by atoms with Crippen LogP contribution >= 0.6 is 11.6 Å². The van der Waals surface area contributed by atoms with Crippen molar-refractivity contribution in [1.29, 1.82) is 0 Å². The number of hydrogen-bond donors (Lipinski definition) is 1. The third kappa shape index (κ3) is 3.03. The fraction of sp³-hybridized carbons (Fsp3) is 0.167. The molecule has 0 radical (unpaired) electrons. The molecule has 0 aliphatic rings. The van der Waals surface area contributed by atoms with E-state index in [1.54, 1.807) is 35.0 Å². The van der Waals surface area contributed by atoms with Crippen LogP contribution in [0.15, 0.2) is 54.9 Å². The average molecular weight is 341 g/mol. The minimum Gasteiger partial charge on any atom is -0.325 e. The molecule has 3 aromatic rings. The van der Waals surface area contributed by atoms with E-state index in [-0.39, 0.29) is 11.8 Å². The lowest BCUT2D eigenvalue weighted by Crippen LogP contribution is -2.25.